The Kier molecular flexibility index (Phi) is 4.42. The molecule has 1 atom stereocenters. The van der Waals surface area contributed by atoms with Gasteiger partial charge in [-0.05, 0) is 37.2 Å². The van der Waals surface area contributed by atoms with Gasteiger partial charge in [-0.15, -0.1) is 0 Å². The van der Waals surface area contributed by atoms with Gasteiger partial charge in [-0.25, -0.2) is 13.1 Å². The normalized spacial score (nSPS) is 19.0. The zero-order valence-corrected chi connectivity index (χ0v) is 12.4. The van der Waals surface area contributed by atoms with E-state index in [1.54, 1.807) is 14.1 Å². The first-order valence-electron chi connectivity index (χ1n) is 6.45. The van der Waals surface area contributed by atoms with E-state index < -0.39 is 10.0 Å². The quantitative estimate of drug-likeness (QED) is 0.822. The summed E-state index contributed by atoms with van der Waals surface area (Å²) in [5.74, 6) is -0.151. The Morgan fingerprint density at radius 2 is 1.95 bits per heavy atom. The van der Waals surface area contributed by atoms with Gasteiger partial charge < -0.3 is 10.2 Å². The van der Waals surface area contributed by atoms with E-state index in [0.29, 0.717) is 12.1 Å². The molecule has 0 aliphatic carbocycles. The van der Waals surface area contributed by atoms with Gasteiger partial charge in [-0.3, -0.25) is 4.79 Å². The van der Waals surface area contributed by atoms with Crippen molar-refractivity contribution in [3.63, 3.8) is 0 Å². The van der Waals surface area contributed by atoms with Crippen molar-refractivity contribution in [2.45, 2.75) is 17.4 Å². The summed E-state index contributed by atoms with van der Waals surface area (Å²) < 4.78 is 27.0. The first-order valence-corrected chi connectivity index (χ1v) is 7.93. The predicted octanol–water partition coefficient (Wildman–Crippen LogP) is 0.0286. The SMILES string of the molecule is CN(C)C(=O)c1ccc(S(=O)(=O)NC2CCNC2)cc1. The number of benzene rings is 1. The molecule has 2 N–H and O–H groups in total. The maximum atomic E-state index is 12.2. The molecule has 1 aliphatic rings. The van der Waals surface area contributed by atoms with Gasteiger partial charge in [0.2, 0.25) is 10.0 Å². The summed E-state index contributed by atoms with van der Waals surface area (Å²) in [4.78, 5) is 13.4. The van der Waals surface area contributed by atoms with Crippen molar-refractivity contribution in [2.75, 3.05) is 27.2 Å². The van der Waals surface area contributed by atoms with E-state index in [-0.39, 0.29) is 16.8 Å². The Bertz CT molecular complexity index is 575. The van der Waals surface area contributed by atoms with Gasteiger partial charge in [0.1, 0.15) is 0 Å². The highest BCUT2D eigenvalue weighted by atomic mass is 32.2. The number of rotatable bonds is 4. The van der Waals surface area contributed by atoms with Crippen LogP contribution in [0.4, 0.5) is 0 Å². The van der Waals surface area contributed by atoms with Crippen LogP contribution in [0.2, 0.25) is 0 Å². The van der Waals surface area contributed by atoms with E-state index in [9.17, 15) is 13.2 Å². The van der Waals surface area contributed by atoms with Crippen LogP contribution in [0.25, 0.3) is 0 Å². The fraction of sp³-hybridized carbons (Fsp3) is 0.462. The van der Waals surface area contributed by atoms with Gasteiger partial charge in [-0.2, -0.15) is 0 Å². The average Bonchev–Trinajstić information content (AvgIpc) is 2.90. The lowest BCUT2D eigenvalue weighted by molar-refractivity contribution is 0.0827. The number of carbonyl (C=O) groups excluding carboxylic acids is 1. The Morgan fingerprint density at radius 3 is 2.45 bits per heavy atom. The molecule has 1 fully saturated rings. The molecule has 1 aromatic carbocycles. The Morgan fingerprint density at radius 1 is 1.30 bits per heavy atom. The zero-order chi connectivity index (χ0) is 14.8. The minimum Gasteiger partial charge on any atom is -0.345 e. The minimum atomic E-state index is -3.52. The summed E-state index contributed by atoms with van der Waals surface area (Å²) in [5.41, 5.74) is 0.469. The van der Waals surface area contributed by atoms with Gasteiger partial charge in [0.05, 0.1) is 4.90 Å². The molecule has 0 radical (unpaired) electrons. The largest absolute Gasteiger partial charge is 0.345 e. The van der Waals surface area contributed by atoms with Gasteiger partial charge in [0, 0.05) is 32.2 Å². The summed E-state index contributed by atoms with van der Waals surface area (Å²) in [7, 11) is -0.213. The van der Waals surface area contributed by atoms with Crippen molar-refractivity contribution in [3.8, 4) is 0 Å². The molecule has 1 heterocycles. The molecule has 2 rings (SSSR count). The fourth-order valence-corrected chi connectivity index (χ4v) is 3.35. The third-order valence-corrected chi connectivity index (χ3v) is 4.74. The highest BCUT2D eigenvalue weighted by Gasteiger charge is 2.22. The second-order valence-corrected chi connectivity index (χ2v) is 6.75. The van der Waals surface area contributed by atoms with Crippen molar-refractivity contribution in [1.82, 2.24) is 14.9 Å². The van der Waals surface area contributed by atoms with Crippen molar-refractivity contribution in [3.05, 3.63) is 29.8 Å². The summed E-state index contributed by atoms with van der Waals surface area (Å²) in [6.07, 6.45) is 0.788. The molecule has 1 saturated heterocycles. The van der Waals surface area contributed by atoms with E-state index in [1.807, 2.05) is 0 Å². The summed E-state index contributed by atoms with van der Waals surface area (Å²) in [6, 6.07) is 5.92. The molecular weight excluding hydrogens is 278 g/mol. The molecule has 0 bridgehead atoms. The molecule has 7 heteroatoms. The van der Waals surface area contributed by atoms with Gasteiger partial charge in [0.25, 0.3) is 5.91 Å². The number of hydrogen-bond donors (Lipinski definition) is 2. The maximum Gasteiger partial charge on any atom is 0.253 e. The molecular formula is C13H19N3O3S. The first-order chi connectivity index (χ1) is 9.40. The lowest BCUT2D eigenvalue weighted by Crippen LogP contribution is -2.36. The topological polar surface area (TPSA) is 78.5 Å². The number of hydrogen-bond acceptors (Lipinski definition) is 4. The third kappa shape index (κ3) is 3.36. The monoisotopic (exact) mass is 297 g/mol. The van der Waals surface area contributed by atoms with Crippen LogP contribution in [-0.4, -0.2) is 52.5 Å². The van der Waals surface area contributed by atoms with Crippen molar-refractivity contribution in [1.29, 1.82) is 0 Å². The van der Waals surface area contributed by atoms with Crippen LogP contribution >= 0.6 is 0 Å². The molecule has 20 heavy (non-hydrogen) atoms. The predicted molar refractivity (Wildman–Crippen MR) is 76.1 cm³/mol. The summed E-state index contributed by atoms with van der Waals surface area (Å²) in [6.45, 7) is 1.47. The fourth-order valence-electron chi connectivity index (χ4n) is 2.08. The van der Waals surface area contributed by atoms with E-state index in [4.69, 9.17) is 0 Å². The van der Waals surface area contributed by atoms with E-state index in [0.717, 1.165) is 13.0 Å². The Hall–Kier alpha value is -1.44. The van der Waals surface area contributed by atoms with Crippen molar-refractivity contribution >= 4 is 15.9 Å². The molecule has 0 spiro atoms. The van der Waals surface area contributed by atoms with Crippen LogP contribution in [0.15, 0.2) is 29.2 Å². The zero-order valence-electron chi connectivity index (χ0n) is 11.6. The second-order valence-electron chi connectivity index (χ2n) is 5.03. The molecule has 1 aromatic rings. The highest BCUT2D eigenvalue weighted by Crippen LogP contribution is 2.13. The molecule has 6 nitrogen and oxygen atoms in total. The van der Waals surface area contributed by atoms with E-state index >= 15 is 0 Å². The van der Waals surface area contributed by atoms with Crippen LogP contribution in [0, 0.1) is 0 Å². The lowest BCUT2D eigenvalue weighted by atomic mass is 10.2. The highest BCUT2D eigenvalue weighted by molar-refractivity contribution is 7.89. The second kappa shape index (κ2) is 5.90. The molecule has 110 valence electrons. The van der Waals surface area contributed by atoms with Crippen molar-refractivity contribution < 1.29 is 13.2 Å². The smallest absolute Gasteiger partial charge is 0.253 e. The Balaban J connectivity index is 2.14. The first kappa shape index (κ1) is 15.0. The van der Waals surface area contributed by atoms with Crippen molar-refractivity contribution in [2.24, 2.45) is 0 Å². The number of nitrogens with zero attached hydrogens (tertiary/aromatic N) is 1. The van der Waals surface area contributed by atoms with Crippen LogP contribution < -0.4 is 10.0 Å². The van der Waals surface area contributed by atoms with Gasteiger partial charge >= 0.3 is 0 Å². The molecule has 0 saturated carbocycles. The average molecular weight is 297 g/mol. The van der Waals surface area contributed by atoms with Crippen LogP contribution in [0.5, 0.6) is 0 Å². The number of sulfonamides is 1. The van der Waals surface area contributed by atoms with Crippen LogP contribution in [0.1, 0.15) is 16.8 Å². The third-order valence-electron chi connectivity index (χ3n) is 3.20. The maximum absolute atomic E-state index is 12.2. The molecule has 0 aromatic heterocycles. The number of carbonyl (C=O) groups is 1. The van der Waals surface area contributed by atoms with Gasteiger partial charge in [0.15, 0.2) is 0 Å². The molecule has 1 unspecified atom stereocenters. The minimum absolute atomic E-state index is 0.0666. The molecule has 1 amide bonds. The van der Waals surface area contributed by atoms with Crippen LogP contribution in [-0.2, 0) is 10.0 Å². The summed E-state index contributed by atoms with van der Waals surface area (Å²) >= 11 is 0. The van der Waals surface area contributed by atoms with E-state index in [1.165, 1.54) is 29.2 Å². The Labute approximate surface area is 119 Å². The molecule has 1 aliphatic heterocycles. The standard InChI is InChI=1S/C13H19N3O3S/c1-16(2)13(17)10-3-5-12(6-4-10)20(18,19)15-11-7-8-14-9-11/h3-6,11,14-15H,7-9H2,1-2H3. The summed E-state index contributed by atoms with van der Waals surface area (Å²) in [5, 5.41) is 3.11. The number of nitrogens with one attached hydrogen (secondary N) is 2. The lowest BCUT2D eigenvalue weighted by Gasteiger charge is -2.13. The van der Waals surface area contributed by atoms with Crippen LogP contribution in [0.3, 0.4) is 0 Å². The van der Waals surface area contributed by atoms with Gasteiger partial charge in [-0.1, -0.05) is 0 Å². The number of amides is 1. The van der Waals surface area contributed by atoms with E-state index in [2.05, 4.69) is 10.0 Å².